The van der Waals surface area contributed by atoms with Gasteiger partial charge in [-0.25, -0.2) is 4.98 Å². The molecule has 3 aromatic rings. The summed E-state index contributed by atoms with van der Waals surface area (Å²) in [6, 6.07) is 7.21. The predicted octanol–water partition coefficient (Wildman–Crippen LogP) is 3.33. The van der Waals surface area contributed by atoms with Crippen LogP contribution in [0, 0.1) is 12.8 Å². The van der Waals surface area contributed by atoms with Crippen molar-refractivity contribution < 1.29 is 14.6 Å². The van der Waals surface area contributed by atoms with Gasteiger partial charge < -0.3 is 24.3 Å². The van der Waals surface area contributed by atoms with Gasteiger partial charge in [0.25, 0.3) is 5.56 Å². The van der Waals surface area contributed by atoms with Crippen LogP contribution in [-0.2, 0) is 23.1 Å². The van der Waals surface area contributed by atoms with Crippen LogP contribution in [0.2, 0.25) is 0 Å². The maximum Gasteiger partial charge on any atom is 0.323 e. The van der Waals surface area contributed by atoms with Crippen LogP contribution in [0.5, 0.6) is 0 Å². The molecule has 2 N–H and O–H groups in total. The number of fused-ring (bicyclic) bond motifs is 1. The number of hydrogen-bond acceptors (Lipinski definition) is 6. The Kier molecular flexibility index (Phi) is 7.94. The number of pyridine rings is 1. The highest BCUT2D eigenvalue weighted by atomic mass is 16.5. The van der Waals surface area contributed by atoms with E-state index in [9.17, 15) is 14.7 Å². The van der Waals surface area contributed by atoms with Gasteiger partial charge in [-0.1, -0.05) is 19.9 Å². The molecule has 0 aliphatic heterocycles. The van der Waals surface area contributed by atoms with Crippen molar-refractivity contribution >= 4 is 17.0 Å². The number of nitrogens with one attached hydrogen (secondary N) is 1. The third-order valence-electron chi connectivity index (χ3n) is 5.88. The average molecular weight is 469 g/mol. The van der Waals surface area contributed by atoms with Gasteiger partial charge in [0.1, 0.15) is 11.9 Å². The molecule has 0 saturated carbocycles. The number of ether oxygens (including phenoxy) is 1. The number of aliphatic hydroxyl groups is 1. The first kappa shape index (κ1) is 25.6. The molecule has 0 fully saturated rings. The van der Waals surface area contributed by atoms with Gasteiger partial charge in [0.05, 0.1) is 29.8 Å². The first-order valence-corrected chi connectivity index (χ1v) is 11.8. The SMILES string of the molecule is Cc1cc(-c2nc3cc(CN[C@H](C(=O)OC(C)C)C(C)C)ccc3n2[C@@H](C)CO)cn(C)c1=O. The summed E-state index contributed by atoms with van der Waals surface area (Å²) in [6.45, 7) is 11.8. The number of aromatic nitrogens is 3. The quantitative estimate of drug-likeness (QED) is 0.468. The maximum atomic E-state index is 12.5. The van der Waals surface area contributed by atoms with Crippen LogP contribution in [0.1, 0.15) is 51.8 Å². The molecule has 2 heterocycles. The molecule has 0 spiro atoms. The fraction of sp³-hybridized carbons (Fsp3) is 0.500. The highest BCUT2D eigenvalue weighted by molar-refractivity contribution is 5.81. The zero-order chi connectivity index (χ0) is 25.2. The van der Waals surface area contributed by atoms with E-state index in [0.717, 1.165) is 22.2 Å². The number of aliphatic hydroxyl groups excluding tert-OH is 1. The summed E-state index contributed by atoms with van der Waals surface area (Å²) < 4.78 is 8.96. The summed E-state index contributed by atoms with van der Waals surface area (Å²) >= 11 is 0. The van der Waals surface area contributed by atoms with E-state index >= 15 is 0 Å². The second-order valence-corrected chi connectivity index (χ2v) is 9.58. The van der Waals surface area contributed by atoms with Crippen LogP contribution in [0.15, 0.2) is 35.3 Å². The van der Waals surface area contributed by atoms with Crippen LogP contribution in [0.4, 0.5) is 0 Å². The van der Waals surface area contributed by atoms with E-state index in [1.807, 2.05) is 63.5 Å². The van der Waals surface area contributed by atoms with Gasteiger partial charge in [0.2, 0.25) is 0 Å². The lowest BCUT2D eigenvalue weighted by Gasteiger charge is -2.22. The van der Waals surface area contributed by atoms with Crippen molar-refractivity contribution in [3.05, 3.63) is 51.9 Å². The lowest BCUT2D eigenvalue weighted by atomic mass is 10.0. The molecule has 0 radical (unpaired) electrons. The van der Waals surface area contributed by atoms with E-state index in [2.05, 4.69) is 5.32 Å². The predicted molar refractivity (Wildman–Crippen MR) is 134 cm³/mol. The van der Waals surface area contributed by atoms with Gasteiger partial charge in [-0.3, -0.25) is 9.59 Å². The molecule has 0 bridgehead atoms. The number of hydrogen-bond donors (Lipinski definition) is 2. The molecule has 0 unspecified atom stereocenters. The first-order valence-electron chi connectivity index (χ1n) is 11.8. The smallest absolute Gasteiger partial charge is 0.323 e. The third kappa shape index (κ3) is 5.39. The summed E-state index contributed by atoms with van der Waals surface area (Å²) in [6.07, 6.45) is 1.61. The Balaban J connectivity index is 1.98. The summed E-state index contributed by atoms with van der Waals surface area (Å²) in [5.41, 5.74) is 4.06. The van der Waals surface area contributed by atoms with Crippen molar-refractivity contribution in [2.24, 2.45) is 13.0 Å². The highest BCUT2D eigenvalue weighted by Gasteiger charge is 2.24. The second-order valence-electron chi connectivity index (χ2n) is 9.58. The molecule has 2 atom stereocenters. The zero-order valence-electron chi connectivity index (χ0n) is 21.1. The van der Waals surface area contributed by atoms with E-state index in [0.29, 0.717) is 17.9 Å². The lowest BCUT2D eigenvalue weighted by molar-refractivity contribution is -0.151. The van der Waals surface area contributed by atoms with E-state index < -0.39 is 6.04 Å². The molecular weight excluding hydrogens is 432 g/mol. The number of benzene rings is 1. The molecule has 0 aliphatic rings. The van der Waals surface area contributed by atoms with Crippen molar-refractivity contribution in [2.45, 2.75) is 66.3 Å². The molecule has 2 aromatic heterocycles. The standard InChI is InChI=1S/C26H36N4O4/c1-15(2)23(26(33)34-16(3)4)27-12-19-8-9-22-21(11-19)28-24(30(22)18(6)14-31)20-10-17(5)25(32)29(7)13-20/h8-11,13,15-16,18,23,27,31H,12,14H2,1-7H3/t18-,23-/m0/s1. The molecule has 34 heavy (non-hydrogen) atoms. The molecule has 8 heteroatoms. The van der Waals surface area contributed by atoms with Gasteiger partial charge in [0.15, 0.2) is 0 Å². The fourth-order valence-electron chi connectivity index (χ4n) is 4.11. The number of carbonyl (C=O) groups excluding carboxylic acids is 1. The largest absolute Gasteiger partial charge is 0.462 e. The van der Waals surface area contributed by atoms with Gasteiger partial charge in [0, 0.05) is 30.9 Å². The van der Waals surface area contributed by atoms with Gasteiger partial charge in [-0.05, 0) is 57.4 Å². The van der Waals surface area contributed by atoms with E-state index in [-0.39, 0.29) is 36.2 Å². The van der Waals surface area contributed by atoms with E-state index in [1.165, 1.54) is 0 Å². The molecule has 0 amide bonds. The minimum absolute atomic E-state index is 0.0411. The second kappa shape index (κ2) is 10.5. The number of carbonyl (C=O) groups is 1. The maximum absolute atomic E-state index is 12.5. The van der Waals surface area contributed by atoms with Crippen LogP contribution >= 0.6 is 0 Å². The minimum atomic E-state index is -0.408. The molecule has 8 nitrogen and oxygen atoms in total. The summed E-state index contributed by atoms with van der Waals surface area (Å²) in [4.78, 5) is 29.5. The topological polar surface area (TPSA) is 98.4 Å². The van der Waals surface area contributed by atoms with Gasteiger partial charge in [-0.2, -0.15) is 0 Å². The monoisotopic (exact) mass is 468 g/mol. The van der Waals surface area contributed by atoms with E-state index in [4.69, 9.17) is 9.72 Å². The highest BCUT2D eigenvalue weighted by Crippen LogP contribution is 2.29. The Morgan fingerprint density at radius 1 is 1.18 bits per heavy atom. The Morgan fingerprint density at radius 3 is 2.47 bits per heavy atom. The molecule has 3 rings (SSSR count). The number of imidazole rings is 1. The van der Waals surface area contributed by atoms with Gasteiger partial charge >= 0.3 is 5.97 Å². The van der Waals surface area contributed by atoms with E-state index in [1.54, 1.807) is 24.7 Å². The van der Waals surface area contributed by atoms with Crippen molar-refractivity contribution in [3.63, 3.8) is 0 Å². The Morgan fingerprint density at radius 2 is 1.88 bits per heavy atom. The zero-order valence-corrected chi connectivity index (χ0v) is 21.1. The molecule has 0 aliphatic carbocycles. The molecule has 0 saturated heterocycles. The van der Waals surface area contributed by atoms with Crippen molar-refractivity contribution in [1.29, 1.82) is 0 Å². The number of rotatable bonds is 9. The van der Waals surface area contributed by atoms with Crippen LogP contribution in [0.3, 0.4) is 0 Å². The third-order valence-corrected chi connectivity index (χ3v) is 5.88. The number of esters is 1. The fourth-order valence-corrected chi connectivity index (χ4v) is 4.11. The van der Waals surface area contributed by atoms with Crippen molar-refractivity contribution in [2.75, 3.05) is 6.61 Å². The number of nitrogens with zero attached hydrogens (tertiary/aromatic N) is 3. The van der Waals surface area contributed by atoms with Crippen LogP contribution in [-0.4, -0.2) is 43.9 Å². The molecule has 1 aromatic carbocycles. The van der Waals surface area contributed by atoms with Crippen molar-refractivity contribution in [1.82, 2.24) is 19.4 Å². The Hall–Kier alpha value is -2.97. The minimum Gasteiger partial charge on any atom is -0.462 e. The summed E-state index contributed by atoms with van der Waals surface area (Å²) in [5.74, 6) is 0.527. The van der Waals surface area contributed by atoms with Crippen LogP contribution < -0.4 is 10.9 Å². The van der Waals surface area contributed by atoms with Crippen molar-refractivity contribution in [3.8, 4) is 11.4 Å². The molecule has 184 valence electrons. The lowest BCUT2D eigenvalue weighted by Crippen LogP contribution is -2.42. The first-order chi connectivity index (χ1) is 16.0. The normalized spacial score (nSPS) is 13.6. The average Bonchev–Trinajstić information content (AvgIpc) is 3.14. The van der Waals surface area contributed by atoms with Gasteiger partial charge in [-0.15, -0.1) is 0 Å². The Bertz CT molecular complexity index is 1200. The summed E-state index contributed by atoms with van der Waals surface area (Å²) in [5, 5.41) is 13.2. The van der Waals surface area contributed by atoms with Crippen LogP contribution in [0.25, 0.3) is 22.4 Å². The summed E-state index contributed by atoms with van der Waals surface area (Å²) in [7, 11) is 1.72. The Labute approximate surface area is 200 Å². The number of aryl methyl sites for hydroxylation is 2. The molecular formula is C26H36N4O4.